The Balaban J connectivity index is 1.85. The fourth-order valence-corrected chi connectivity index (χ4v) is 3.78. The molecule has 2 rings (SSSR count). The summed E-state index contributed by atoms with van der Waals surface area (Å²) in [6.07, 6.45) is 13.0. The molecule has 1 aliphatic carbocycles. The molecule has 0 aromatic rings. The Labute approximate surface area is 114 Å². The molecule has 2 atom stereocenters. The zero-order valence-electron chi connectivity index (χ0n) is 12.3. The van der Waals surface area contributed by atoms with E-state index in [0.717, 1.165) is 18.5 Å². The molecule has 0 bridgehead atoms. The summed E-state index contributed by atoms with van der Waals surface area (Å²) in [6, 6.07) is 0.792. The van der Waals surface area contributed by atoms with Crippen molar-refractivity contribution in [2.45, 2.75) is 70.8 Å². The summed E-state index contributed by atoms with van der Waals surface area (Å²) < 4.78 is 0. The highest BCUT2D eigenvalue weighted by Gasteiger charge is 2.25. The minimum Gasteiger partial charge on any atom is -0.314 e. The summed E-state index contributed by atoms with van der Waals surface area (Å²) in [4.78, 5) is 2.76. The summed E-state index contributed by atoms with van der Waals surface area (Å²) in [6.45, 7) is 7.47. The van der Waals surface area contributed by atoms with Crippen LogP contribution in [0.5, 0.6) is 0 Å². The minimum atomic E-state index is 0.792. The van der Waals surface area contributed by atoms with E-state index >= 15 is 0 Å². The molecule has 2 heteroatoms. The first-order valence-corrected chi connectivity index (χ1v) is 8.36. The van der Waals surface area contributed by atoms with Crippen LogP contribution >= 0.6 is 0 Å². The first-order valence-electron chi connectivity index (χ1n) is 8.36. The Kier molecular flexibility index (Phi) is 6.50. The molecule has 1 aliphatic heterocycles. The van der Waals surface area contributed by atoms with Gasteiger partial charge in [-0.3, -0.25) is 0 Å². The number of nitrogens with zero attached hydrogens (tertiary/aromatic N) is 1. The lowest BCUT2D eigenvalue weighted by atomic mass is 9.94. The molecular formula is C16H32N2. The molecule has 2 aliphatic rings. The van der Waals surface area contributed by atoms with Gasteiger partial charge in [0.25, 0.3) is 0 Å². The lowest BCUT2D eigenvalue weighted by molar-refractivity contribution is 0.200. The van der Waals surface area contributed by atoms with Crippen molar-refractivity contribution in [1.82, 2.24) is 10.2 Å². The summed E-state index contributed by atoms with van der Waals surface area (Å²) in [7, 11) is 0. The quantitative estimate of drug-likeness (QED) is 0.771. The molecule has 2 nitrogen and oxygen atoms in total. The molecule has 0 amide bonds. The van der Waals surface area contributed by atoms with Gasteiger partial charge in [0.15, 0.2) is 0 Å². The Morgan fingerprint density at radius 2 is 1.56 bits per heavy atom. The van der Waals surface area contributed by atoms with Gasteiger partial charge in [-0.15, -0.1) is 0 Å². The van der Waals surface area contributed by atoms with Gasteiger partial charge in [-0.1, -0.05) is 39.0 Å². The third-order valence-electron chi connectivity index (χ3n) is 4.82. The van der Waals surface area contributed by atoms with Gasteiger partial charge < -0.3 is 10.2 Å². The standard InChI is InChI=1S/C16H32N2/c1-2-17-16-11-7-5-6-10-15(16)14-18-12-8-3-4-9-13-18/h15-17H,2-14H2,1H3. The van der Waals surface area contributed by atoms with Crippen LogP contribution in [0.1, 0.15) is 64.7 Å². The van der Waals surface area contributed by atoms with E-state index in [2.05, 4.69) is 17.1 Å². The number of hydrogen-bond acceptors (Lipinski definition) is 2. The Morgan fingerprint density at radius 3 is 2.28 bits per heavy atom. The average Bonchev–Trinajstić information content (AvgIpc) is 2.74. The normalized spacial score (nSPS) is 31.8. The van der Waals surface area contributed by atoms with Gasteiger partial charge in [-0.2, -0.15) is 0 Å². The van der Waals surface area contributed by atoms with Gasteiger partial charge in [-0.05, 0) is 51.2 Å². The van der Waals surface area contributed by atoms with Crippen molar-refractivity contribution in [3.8, 4) is 0 Å². The molecule has 2 fully saturated rings. The molecule has 1 saturated heterocycles. The number of rotatable bonds is 4. The highest BCUT2D eigenvalue weighted by molar-refractivity contribution is 4.82. The summed E-state index contributed by atoms with van der Waals surface area (Å²) in [5.74, 6) is 0.908. The number of likely N-dealkylation sites (tertiary alicyclic amines) is 1. The van der Waals surface area contributed by atoms with E-state index in [1.807, 2.05) is 0 Å². The van der Waals surface area contributed by atoms with E-state index in [1.54, 1.807) is 0 Å². The highest BCUT2D eigenvalue weighted by atomic mass is 15.1. The van der Waals surface area contributed by atoms with E-state index in [-0.39, 0.29) is 0 Å². The summed E-state index contributed by atoms with van der Waals surface area (Å²) in [5.41, 5.74) is 0. The second kappa shape index (κ2) is 8.16. The maximum absolute atomic E-state index is 3.75. The summed E-state index contributed by atoms with van der Waals surface area (Å²) >= 11 is 0. The molecule has 18 heavy (non-hydrogen) atoms. The lowest BCUT2D eigenvalue weighted by Gasteiger charge is -2.31. The Morgan fingerprint density at radius 1 is 0.889 bits per heavy atom. The molecule has 0 aromatic heterocycles. The molecule has 106 valence electrons. The van der Waals surface area contributed by atoms with Crippen LogP contribution in [0.2, 0.25) is 0 Å². The minimum absolute atomic E-state index is 0.792. The van der Waals surface area contributed by atoms with E-state index in [1.165, 1.54) is 77.4 Å². The second-order valence-corrected chi connectivity index (χ2v) is 6.28. The zero-order chi connectivity index (χ0) is 12.6. The van der Waals surface area contributed by atoms with Crippen LogP contribution in [-0.2, 0) is 0 Å². The van der Waals surface area contributed by atoms with Crippen LogP contribution in [0.3, 0.4) is 0 Å². The molecule has 1 N–H and O–H groups in total. The van der Waals surface area contributed by atoms with Crippen LogP contribution < -0.4 is 5.32 Å². The molecule has 1 saturated carbocycles. The molecule has 1 heterocycles. The van der Waals surface area contributed by atoms with Crippen LogP contribution in [0, 0.1) is 5.92 Å². The van der Waals surface area contributed by atoms with Crippen molar-refractivity contribution in [3.63, 3.8) is 0 Å². The van der Waals surface area contributed by atoms with E-state index in [0.29, 0.717) is 0 Å². The Hall–Kier alpha value is -0.0800. The van der Waals surface area contributed by atoms with Crippen molar-refractivity contribution in [3.05, 3.63) is 0 Å². The van der Waals surface area contributed by atoms with Gasteiger partial charge in [-0.25, -0.2) is 0 Å². The third-order valence-corrected chi connectivity index (χ3v) is 4.82. The second-order valence-electron chi connectivity index (χ2n) is 6.28. The average molecular weight is 252 g/mol. The van der Waals surface area contributed by atoms with Crippen LogP contribution in [0.15, 0.2) is 0 Å². The van der Waals surface area contributed by atoms with Crippen molar-refractivity contribution in [2.75, 3.05) is 26.2 Å². The maximum Gasteiger partial charge on any atom is 0.0107 e. The van der Waals surface area contributed by atoms with Gasteiger partial charge in [0.2, 0.25) is 0 Å². The van der Waals surface area contributed by atoms with E-state index in [9.17, 15) is 0 Å². The van der Waals surface area contributed by atoms with Crippen molar-refractivity contribution >= 4 is 0 Å². The molecule has 0 radical (unpaired) electrons. The summed E-state index contributed by atoms with van der Waals surface area (Å²) in [5, 5.41) is 3.75. The molecule has 2 unspecified atom stereocenters. The Bertz CT molecular complexity index is 209. The number of nitrogens with one attached hydrogen (secondary N) is 1. The van der Waals surface area contributed by atoms with Crippen LogP contribution in [0.25, 0.3) is 0 Å². The van der Waals surface area contributed by atoms with Gasteiger partial charge in [0, 0.05) is 12.6 Å². The van der Waals surface area contributed by atoms with Gasteiger partial charge in [0.05, 0.1) is 0 Å². The topological polar surface area (TPSA) is 15.3 Å². The van der Waals surface area contributed by atoms with E-state index < -0.39 is 0 Å². The predicted molar refractivity (Wildman–Crippen MR) is 78.9 cm³/mol. The fraction of sp³-hybridized carbons (Fsp3) is 1.00. The largest absolute Gasteiger partial charge is 0.314 e. The van der Waals surface area contributed by atoms with Crippen molar-refractivity contribution < 1.29 is 0 Å². The lowest BCUT2D eigenvalue weighted by Crippen LogP contribution is -2.42. The smallest absolute Gasteiger partial charge is 0.0107 e. The maximum atomic E-state index is 3.75. The SMILES string of the molecule is CCNC1CCCCCC1CN1CCCCCC1. The van der Waals surface area contributed by atoms with Crippen molar-refractivity contribution in [1.29, 1.82) is 0 Å². The van der Waals surface area contributed by atoms with Crippen LogP contribution in [0.4, 0.5) is 0 Å². The highest BCUT2D eigenvalue weighted by Crippen LogP contribution is 2.25. The van der Waals surface area contributed by atoms with Gasteiger partial charge >= 0.3 is 0 Å². The first kappa shape index (κ1) is 14.3. The predicted octanol–water partition coefficient (Wildman–Crippen LogP) is 3.42. The van der Waals surface area contributed by atoms with Crippen molar-refractivity contribution in [2.24, 2.45) is 5.92 Å². The van der Waals surface area contributed by atoms with Crippen LogP contribution in [-0.4, -0.2) is 37.1 Å². The first-order chi connectivity index (χ1) is 8.90. The van der Waals surface area contributed by atoms with E-state index in [4.69, 9.17) is 0 Å². The molecule has 0 spiro atoms. The number of hydrogen-bond donors (Lipinski definition) is 1. The third kappa shape index (κ3) is 4.55. The van der Waals surface area contributed by atoms with Gasteiger partial charge in [0.1, 0.15) is 0 Å². The fourth-order valence-electron chi connectivity index (χ4n) is 3.78. The zero-order valence-corrected chi connectivity index (χ0v) is 12.3. The molecular weight excluding hydrogens is 220 g/mol. The monoisotopic (exact) mass is 252 g/mol. The molecule has 0 aromatic carbocycles.